The molecule has 0 radical (unpaired) electrons. The Morgan fingerprint density at radius 2 is 1.65 bits per heavy atom. The highest BCUT2D eigenvalue weighted by Crippen LogP contribution is 2.34. The third-order valence-corrected chi connectivity index (χ3v) is 3.35. The van der Waals surface area contributed by atoms with Crippen molar-refractivity contribution in [3.05, 3.63) is 40.5 Å². The summed E-state index contributed by atoms with van der Waals surface area (Å²) in [5.41, 5.74) is 2.79. The SMILES string of the molecule is Cc1c(O)c(C)c2ccc(C(=O)O)cc2c1C. The Bertz CT molecular complexity index is 627. The molecule has 0 amide bonds. The number of carbonyl (C=O) groups is 1. The van der Waals surface area contributed by atoms with Crippen LogP contribution in [0, 0.1) is 20.8 Å². The molecule has 2 rings (SSSR count). The number of hydrogen-bond donors (Lipinski definition) is 2. The summed E-state index contributed by atoms with van der Waals surface area (Å²) in [6, 6.07) is 4.97. The maximum absolute atomic E-state index is 10.9. The zero-order valence-corrected chi connectivity index (χ0v) is 10.0. The van der Waals surface area contributed by atoms with Crippen molar-refractivity contribution < 1.29 is 15.0 Å². The summed E-state index contributed by atoms with van der Waals surface area (Å²) in [5.74, 6) is -0.646. The number of phenolic OH excluding ortho intramolecular Hbond substituents is 1. The molecule has 2 aromatic carbocycles. The number of carboxylic acids is 1. The van der Waals surface area contributed by atoms with Crippen molar-refractivity contribution in [2.75, 3.05) is 0 Å². The summed E-state index contributed by atoms with van der Waals surface area (Å²) in [7, 11) is 0. The molecule has 17 heavy (non-hydrogen) atoms. The van der Waals surface area contributed by atoms with E-state index < -0.39 is 5.97 Å². The molecular formula is C14H14O3. The first kappa shape index (κ1) is 11.5. The van der Waals surface area contributed by atoms with Crippen LogP contribution in [0.2, 0.25) is 0 Å². The van der Waals surface area contributed by atoms with Gasteiger partial charge >= 0.3 is 5.97 Å². The van der Waals surface area contributed by atoms with Crippen molar-refractivity contribution in [2.45, 2.75) is 20.8 Å². The first-order valence-electron chi connectivity index (χ1n) is 5.39. The first-order valence-corrected chi connectivity index (χ1v) is 5.39. The summed E-state index contributed by atoms with van der Waals surface area (Å²) in [6.07, 6.45) is 0. The van der Waals surface area contributed by atoms with Crippen LogP contribution in [0.3, 0.4) is 0 Å². The van der Waals surface area contributed by atoms with E-state index in [1.54, 1.807) is 18.2 Å². The van der Waals surface area contributed by atoms with Crippen molar-refractivity contribution in [1.29, 1.82) is 0 Å². The lowest BCUT2D eigenvalue weighted by Crippen LogP contribution is -1.97. The van der Waals surface area contributed by atoms with Gasteiger partial charge in [-0.15, -0.1) is 0 Å². The number of aromatic carboxylic acids is 1. The Hall–Kier alpha value is -2.03. The van der Waals surface area contributed by atoms with Gasteiger partial charge in [0.05, 0.1) is 5.56 Å². The van der Waals surface area contributed by atoms with Gasteiger partial charge in [-0.05, 0) is 60.4 Å². The number of phenols is 1. The molecule has 3 nitrogen and oxygen atoms in total. The Morgan fingerprint density at radius 1 is 1.00 bits per heavy atom. The predicted octanol–water partition coefficient (Wildman–Crippen LogP) is 3.17. The van der Waals surface area contributed by atoms with Gasteiger partial charge in [0.1, 0.15) is 5.75 Å². The van der Waals surface area contributed by atoms with E-state index in [0.29, 0.717) is 0 Å². The molecule has 0 spiro atoms. The largest absolute Gasteiger partial charge is 0.507 e. The monoisotopic (exact) mass is 230 g/mol. The molecule has 0 saturated heterocycles. The van der Waals surface area contributed by atoms with Crippen LogP contribution in [-0.4, -0.2) is 16.2 Å². The Labute approximate surface area is 99.3 Å². The number of aromatic hydroxyl groups is 1. The minimum atomic E-state index is -0.935. The number of aryl methyl sites for hydroxylation is 2. The van der Waals surface area contributed by atoms with Crippen molar-refractivity contribution in [3.63, 3.8) is 0 Å². The van der Waals surface area contributed by atoms with Gasteiger partial charge in [-0.3, -0.25) is 0 Å². The summed E-state index contributed by atoms with van der Waals surface area (Å²) >= 11 is 0. The Balaban J connectivity index is 2.91. The van der Waals surface area contributed by atoms with Crippen molar-refractivity contribution in [2.24, 2.45) is 0 Å². The molecule has 3 heteroatoms. The van der Waals surface area contributed by atoms with E-state index in [9.17, 15) is 9.90 Å². The predicted molar refractivity (Wildman–Crippen MR) is 66.8 cm³/mol. The average molecular weight is 230 g/mol. The minimum absolute atomic E-state index is 0.269. The Morgan fingerprint density at radius 3 is 2.24 bits per heavy atom. The van der Waals surface area contributed by atoms with Gasteiger partial charge in [0.15, 0.2) is 0 Å². The number of hydrogen-bond acceptors (Lipinski definition) is 2. The average Bonchev–Trinajstić information content (AvgIpc) is 2.32. The fourth-order valence-electron chi connectivity index (χ4n) is 2.10. The van der Waals surface area contributed by atoms with E-state index in [0.717, 1.165) is 27.5 Å². The number of carboxylic acid groups (broad SMARTS) is 1. The molecule has 0 heterocycles. The molecule has 0 bridgehead atoms. The van der Waals surface area contributed by atoms with Gasteiger partial charge in [-0.1, -0.05) is 6.07 Å². The highest BCUT2D eigenvalue weighted by atomic mass is 16.4. The van der Waals surface area contributed by atoms with Crippen LogP contribution >= 0.6 is 0 Å². The number of benzene rings is 2. The molecule has 0 aliphatic heterocycles. The minimum Gasteiger partial charge on any atom is -0.507 e. The molecule has 2 N–H and O–H groups in total. The molecule has 0 unspecified atom stereocenters. The van der Waals surface area contributed by atoms with Crippen LogP contribution in [0.5, 0.6) is 5.75 Å². The van der Waals surface area contributed by atoms with Gasteiger partial charge in [-0.2, -0.15) is 0 Å². The molecule has 0 saturated carbocycles. The normalized spacial score (nSPS) is 10.8. The first-order chi connectivity index (χ1) is 7.93. The third kappa shape index (κ3) is 1.64. The maximum atomic E-state index is 10.9. The molecule has 0 atom stereocenters. The van der Waals surface area contributed by atoms with Crippen LogP contribution in [0.1, 0.15) is 27.0 Å². The van der Waals surface area contributed by atoms with Crippen molar-refractivity contribution in [1.82, 2.24) is 0 Å². The lowest BCUT2D eigenvalue weighted by Gasteiger charge is -2.12. The van der Waals surface area contributed by atoms with Gasteiger partial charge < -0.3 is 10.2 Å². The second-order valence-electron chi connectivity index (χ2n) is 4.29. The topological polar surface area (TPSA) is 57.5 Å². The van der Waals surface area contributed by atoms with Gasteiger partial charge in [-0.25, -0.2) is 4.79 Å². The molecule has 0 aromatic heterocycles. The van der Waals surface area contributed by atoms with Crippen LogP contribution < -0.4 is 0 Å². The fraction of sp³-hybridized carbons (Fsp3) is 0.214. The highest BCUT2D eigenvalue weighted by molar-refractivity contribution is 5.98. The van der Waals surface area contributed by atoms with E-state index in [1.165, 1.54) is 0 Å². The highest BCUT2D eigenvalue weighted by Gasteiger charge is 2.12. The number of fused-ring (bicyclic) bond motifs is 1. The second-order valence-corrected chi connectivity index (χ2v) is 4.29. The van der Waals surface area contributed by atoms with E-state index in [1.807, 2.05) is 20.8 Å². The van der Waals surface area contributed by atoms with Gasteiger partial charge in [0, 0.05) is 0 Å². The van der Waals surface area contributed by atoms with Crippen molar-refractivity contribution >= 4 is 16.7 Å². The molecule has 0 fully saturated rings. The van der Waals surface area contributed by atoms with Crippen LogP contribution in [0.4, 0.5) is 0 Å². The van der Waals surface area contributed by atoms with Crippen LogP contribution in [0.25, 0.3) is 10.8 Å². The number of rotatable bonds is 1. The third-order valence-electron chi connectivity index (χ3n) is 3.35. The zero-order chi connectivity index (χ0) is 12.7. The summed E-state index contributed by atoms with van der Waals surface area (Å²) in [6.45, 7) is 5.57. The fourth-order valence-corrected chi connectivity index (χ4v) is 2.10. The van der Waals surface area contributed by atoms with E-state index in [2.05, 4.69) is 0 Å². The zero-order valence-electron chi connectivity index (χ0n) is 10.0. The molecule has 0 aliphatic carbocycles. The standard InChI is InChI=1S/C14H14O3/c1-7-8(2)13(15)9(3)11-5-4-10(14(16)17)6-12(7)11/h4-6,15H,1-3H3,(H,16,17). The summed E-state index contributed by atoms with van der Waals surface area (Å²) in [5, 5.41) is 20.7. The molecular weight excluding hydrogens is 216 g/mol. The summed E-state index contributed by atoms with van der Waals surface area (Å²) in [4.78, 5) is 10.9. The smallest absolute Gasteiger partial charge is 0.335 e. The summed E-state index contributed by atoms with van der Waals surface area (Å²) < 4.78 is 0. The van der Waals surface area contributed by atoms with Gasteiger partial charge in [0.25, 0.3) is 0 Å². The lowest BCUT2D eigenvalue weighted by molar-refractivity contribution is 0.0697. The Kier molecular flexibility index (Phi) is 2.54. The van der Waals surface area contributed by atoms with E-state index in [4.69, 9.17) is 5.11 Å². The lowest BCUT2D eigenvalue weighted by atomic mass is 9.94. The van der Waals surface area contributed by atoms with Crippen molar-refractivity contribution in [3.8, 4) is 5.75 Å². The molecule has 88 valence electrons. The maximum Gasteiger partial charge on any atom is 0.335 e. The molecule has 2 aromatic rings. The van der Waals surface area contributed by atoms with Crippen LogP contribution in [-0.2, 0) is 0 Å². The van der Waals surface area contributed by atoms with E-state index >= 15 is 0 Å². The second kappa shape index (κ2) is 3.77. The van der Waals surface area contributed by atoms with Crippen LogP contribution in [0.15, 0.2) is 18.2 Å². The van der Waals surface area contributed by atoms with Gasteiger partial charge in [0.2, 0.25) is 0 Å². The van der Waals surface area contributed by atoms with E-state index in [-0.39, 0.29) is 11.3 Å². The quantitative estimate of drug-likeness (QED) is 0.791. The molecule has 0 aliphatic rings.